The molecule has 0 saturated carbocycles. The summed E-state index contributed by atoms with van der Waals surface area (Å²) in [5.74, 6) is 0.700. The van der Waals surface area contributed by atoms with Gasteiger partial charge in [-0.2, -0.15) is 4.31 Å². The number of benzene rings is 1. The first-order valence-electron chi connectivity index (χ1n) is 6.77. The van der Waals surface area contributed by atoms with Gasteiger partial charge in [0.05, 0.1) is 19.4 Å². The van der Waals surface area contributed by atoms with Crippen LogP contribution in [0.4, 0.5) is 0 Å². The molecule has 0 aliphatic carbocycles. The molecule has 3 rings (SSSR count). The lowest BCUT2D eigenvalue weighted by atomic mass is 10.0. The Morgan fingerprint density at radius 1 is 1.14 bits per heavy atom. The summed E-state index contributed by atoms with van der Waals surface area (Å²) in [5, 5.41) is 0. The Morgan fingerprint density at radius 2 is 1.90 bits per heavy atom. The van der Waals surface area contributed by atoms with Crippen molar-refractivity contribution in [1.29, 1.82) is 0 Å². The Kier molecular flexibility index (Phi) is 3.51. The van der Waals surface area contributed by atoms with Crippen molar-refractivity contribution >= 4 is 10.0 Å². The molecule has 5 nitrogen and oxygen atoms in total. The zero-order chi connectivity index (χ0) is 15.0. The molecule has 2 aromatic rings. The standard InChI is InChI=1S/C15H18N2O3S/c1-20-14-8-4-3-6-12(14)15-13-7-5-9-16(13)10-11-17(15)21(2,18)19/h3-9,15H,10-11H2,1-2H3/t15-/m1/s1. The molecule has 0 unspecified atom stereocenters. The largest absolute Gasteiger partial charge is 0.496 e. The number of aromatic nitrogens is 1. The van der Waals surface area contributed by atoms with Crippen molar-refractivity contribution in [3.8, 4) is 5.75 Å². The molecule has 112 valence electrons. The normalized spacial score (nSPS) is 19.2. The first-order chi connectivity index (χ1) is 10.0. The summed E-state index contributed by atoms with van der Waals surface area (Å²) >= 11 is 0. The van der Waals surface area contributed by atoms with Gasteiger partial charge in [0.2, 0.25) is 10.0 Å². The molecule has 1 aromatic carbocycles. The van der Waals surface area contributed by atoms with E-state index in [9.17, 15) is 8.42 Å². The highest BCUT2D eigenvalue weighted by Gasteiger charge is 2.35. The average Bonchev–Trinajstić information content (AvgIpc) is 2.93. The lowest BCUT2D eigenvalue weighted by Gasteiger charge is -2.36. The molecule has 0 spiro atoms. The molecular weight excluding hydrogens is 288 g/mol. The van der Waals surface area contributed by atoms with Crippen LogP contribution in [0.25, 0.3) is 0 Å². The minimum Gasteiger partial charge on any atom is -0.496 e. The smallest absolute Gasteiger partial charge is 0.212 e. The lowest BCUT2D eigenvalue weighted by Crippen LogP contribution is -2.41. The third kappa shape index (κ3) is 2.45. The van der Waals surface area contributed by atoms with Gasteiger partial charge in [-0.05, 0) is 18.2 Å². The first-order valence-corrected chi connectivity index (χ1v) is 8.62. The van der Waals surface area contributed by atoms with Crippen molar-refractivity contribution in [3.05, 3.63) is 53.9 Å². The number of methoxy groups -OCH3 is 1. The van der Waals surface area contributed by atoms with Crippen LogP contribution in [0.5, 0.6) is 5.75 Å². The summed E-state index contributed by atoms with van der Waals surface area (Å²) in [6, 6.07) is 11.1. The van der Waals surface area contributed by atoms with Crippen molar-refractivity contribution in [2.24, 2.45) is 0 Å². The third-order valence-electron chi connectivity index (χ3n) is 3.85. The zero-order valence-electron chi connectivity index (χ0n) is 12.1. The van der Waals surface area contributed by atoms with Crippen molar-refractivity contribution in [2.45, 2.75) is 12.6 Å². The highest BCUT2D eigenvalue weighted by molar-refractivity contribution is 7.88. The van der Waals surface area contributed by atoms with E-state index in [1.807, 2.05) is 42.6 Å². The SMILES string of the molecule is COc1ccccc1[C@@H]1c2cccn2CCN1S(C)(=O)=O. The number of fused-ring (bicyclic) bond motifs is 1. The van der Waals surface area contributed by atoms with Gasteiger partial charge in [-0.25, -0.2) is 8.42 Å². The van der Waals surface area contributed by atoms with Crippen molar-refractivity contribution in [1.82, 2.24) is 8.87 Å². The maximum atomic E-state index is 12.2. The van der Waals surface area contributed by atoms with Crippen molar-refractivity contribution in [3.63, 3.8) is 0 Å². The molecule has 1 atom stereocenters. The number of sulfonamides is 1. The van der Waals surface area contributed by atoms with E-state index in [1.54, 1.807) is 11.4 Å². The van der Waals surface area contributed by atoms with Gasteiger partial charge >= 0.3 is 0 Å². The topological polar surface area (TPSA) is 51.5 Å². The van der Waals surface area contributed by atoms with E-state index in [2.05, 4.69) is 4.57 Å². The second kappa shape index (κ2) is 5.20. The number of ether oxygens (including phenoxy) is 1. The molecular formula is C15H18N2O3S. The molecule has 0 fully saturated rings. The predicted octanol–water partition coefficient (Wildman–Crippen LogP) is 1.86. The van der Waals surface area contributed by atoms with Crippen LogP contribution in [0.15, 0.2) is 42.6 Å². The number of hydrogen-bond donors (Lipinski definition) is 0. The van der Waals surface area contributed by atoms with E-state index in [-0.39, 0.29) is 6.04 Å². The third-order valence-corrected chi connectivity index (χ3v) is 5.10. The summed E-state index contributed by atoms with van der Waals surface area (Å²) in [7, 11) is -1.70. The van der Waals surface area contributed by atoms with Crippen LogP contribution in [0, 0.1) is 0 Å². The molecule has 0 radical (unpaired) electrons. The van der Waals surface area contributed by atoms with Gasteiger partial charge in [0.25, 0.3) is 0 Å². The second-order valence-corrected chi connectivity index (χ2v) is 7.08. The summed E-state index contributed by atoms with van der Waals surface area (Å²) in [6.07, 6.45) is 3.24. The molecule has 2 heterocycles. The van der Waals surface area contributed by atoms with E-state index in [1.165, 1.54) is 6.26 Å². The molecule has 21 heavy (non-hydrogen) atoms. The lowest BCUT2D eigenvalue weighted by molar-refractivity contribution is 0.292. The van der Waals surface area contributed by atoms with Crippen LogP contribution < -0.4 is 4.74 Å². The summed E-state index contributed by atoms with van der Waals surface area (Å²) in [6.45, 7) is 1.13. The predicted molar refractivity (Wildman–Crippen MR) is 80.8 cm³/mol. The number of hydrogen-bond acceptors (Lipinski definition) is 3. The van der Waals surface area contributed by atoms with Crippen LogP contribution in [0.2, 0.25) is 0 Å². The number of para-hydroxylation sites is 1. The molecule has 0 amide bonds. The van der Waals surface area contributed by atoms with Crippen molar-refractivity contribution in [2.75, 3.05) is 19.9 Å². The van der Waals surface area contributed by atoms with Gasteiger partial charge < -0.3 is 9.30 Å². The fraction of sp³-hybridized carbons (Fsp3) is 0.333. The Hall–Kier alpha value is -1.79. The van der Waals surface area contributed by atoms with E-state index >= 15 is 0 Å². The fourth-order valence-corrected chi connectivity index (χ4v) is 3.94. The Balaban J connectivity index is 2.20. The molecule has 6 heteroatoms. The molecule has 1 aliphatic rings. The summed E-state index contributed by atoms with van der Waals surface area (Å²) in [4.78, 5) is 0. The van der Waals surface area contributed by atoms with E-state index in [4.69, 9.17) is 4.74 Å². The first kappa shape index (κ1) is 14.2. The minimum atomic E-state index is -3.30. The zero-order valence-corrected chi connectivity index (χ0v) is 12.9. The Morgan fingerprint density at radius 3 is 2.62 bits per heavy atom. The van der Waals surface area contributed by atoms with Crippen LogP contribution >= 0.6 is 0 Å². The van der Waals surface area contributed by atoms with E-state index in [0.717, 1.165) is 11.3 Å². The van der Waals surface area contributed by atoms with Gasteiger partial charge in [0, 0.05) is 30.5 Å². The highest BCUT2D eigenvalue weighted by Crippen LogP contribution is 2.38. The van der Waals surface area contributed by atoms with Gasteiger partial charge in [-0.1, -0.05) is 18.2 Å². The van der Waals surface area contributed by atoms with Gasteiger partial charge in [0.15, 0.2) is 0 Å². The fourth-order valence-electron chi connectivity index (χ4n) is 2.93. The number of nitrogens with zero attached hydrogens (tertiary/aromatic N) is 2. The average molecular weight is 306 g/mol. The van der Waals surface area contributed by atoms with Crippen LogP contribution in [-0.2, 0) is 16.6 Å². The Labute approximate surface area is 124 Å². The molecule has 1 aliphatic heterocycles. The summed E-state index contributed by atoms with van der Waals surface area (Å²) in [5.41, 5.74) is 1.83. The van der Waals surface area contributed by atoms with Gasteiger partial charge in [0.1, 0.15) is 5.75 Å². The Bertz CT molecular complexity index is 752. The molecule has 0 N–H and O–H groups in total. The maximum Gasteiger partial charge on any atom is 0.212 e. The van der Waals surface area contributed by atoms with Crippen molar-refractivity contribution < 1.29 is 13.2 Å². The maximum absolute atomic E-state index is 12.2. The van der Waals surface area contributed by atoms with E-state index < -0.39 is 10.0 Å². The minimum absolute atomic E-state index is 0.347. The highest BCUT2D eigenvalue weighted by atomic mass is 32.2. The number of rotatable bonds is 3. The van der Waals surface area contributed by atoms with E-state index in [0.29, 0.717) is 18.8 Å². The van der Waals surface area contributed by atoms with Gasteiger partial charge in [-0.3, -0.25) is 0 Å². The van der Waals surface area contributed by atoms with Crippen LogP contribution in [-0.4, -0.2) is 37.2 Å². The molecule has 0 bridgehead atoms. The van der Waals surface area contributed by atoms with Crippen LogP contribution in [0.3, 0.4) is 0 Å². The molecule has 1 aromatic heterocycles. The second-order valence-electron chi connectivity index (χ2n) is 5.14. The van der Waals surface area contributed by atoms with Gasteiger partial charge in [-0.15, -0.1) is 0 Å². The quantitative estimate of drug-likeness (QED) is 0.870. The van der Waals surface area contributed by atoms with Crippen LogP contribution in [0.1, 0.15) is 17.3 Å². The molecule has 0 saturated heterocycles. The summed E-state index contributed by atoms with van der Waals surface area (Å²) < 4.78 is 33.4. The monoisotopic (exact) mass is 306 g/mol.